The number of benzene rings is 1. The molecule has 6 heteroatoms. The van der Waals surface area contributed by atoms with E-state index in [4.69, 9.17) is 9.26 Å². The number of ketones is 1. The summed E-state index contributed by atoms with van der Waals surface area (Å²) in [6.07, 6.45) is 1.88. The molecule has 1 saturated carbocycles. The Balaban J connectivity index is 2.08. The Hall–Kier alpha value is -1.95. The number of carbonyl (C=O) groups excluding carboxylic acids is 2. The summed E-state index contributed by atoms with van der Waals surface area (Å²) < 4.78 is 10.3. The molecule has 2 aromatic rings. The first-order valence-electron chi connectivity index (χ1n) is 7.52. The van der Waals surface area contributed by atoms with Crippen molar-refractivity contribution in [3.8, 4) is 0 Å². The molecule has 5 nitrogen and oxygen atoms in total. The Morgan fingerprint density at radius 3 is 2.74 bits per heavy atom. The van der Waals surface area contributed by atoms with Crippen LogP contribution in [0.15, 0.2) is 28.8 Å². The molecule has 1 aliphatic rings. The van der Waals surface area contributed by atoms with Crippen molar-refractivity contribution in [3.63, 3.8) is 0 Å². The minimum atomic E-state index is -0.622. The SMILES string of the molecule is CCOC(=O)c1noc(C2CC2)c1C(=O)c1ccccc1CBr. The van der Waals surface area contributed by atoms with Crippen LogP contribution < -0.4 is 0 Å². The molecule has 1 aliphatic carbocycles. The molecule has 23 heavy (non-hydrogen) atoms. The molecule has 1 aromatic carbocycles. The Bertz CT molecular complexity index is 749. The highest BCUT2D eigenvalue weighted by atomic mass is 79.9. The van der Waals surface area contributed by atoms with E-state index in [9.17, 15) is 9.59 Å². The third-order valence-corrected chi connectivity index (χ3v) is 4.37. The molecule has 0 N–H and O–H groups in total. The van der Waals surface area contributed by atoms with Crippen molar-refractivity contribution in [2.45, 2.75) is 31.0 Å². The van der Waals surface area contributed by atoms with Gasteiger partial charge in [0.05, 0.1) is 6.61 Å². The van der Waals surface area contributed by atoms with Gasteiger partial charge >= 0.3 is 5.97 Å². The lowest BCUT2D eigenvalue weighted by molar-refractivity contribution is 0.0512. The maximum atomic E-state index is 13.0. The van der Waals surface area contributed by atoms with Crippen molar-refractivity contribution in [3.05, 3.63) is 52.4 Å². The van der Waals surface area contributed by atoms with Gasteiger partial charge in [0.2, 0.25) is 5.69 Å². The van der Waals surface area contributed by atoms with E-state index in [2.05, 4.69) is 21.1 Å². The van der Waals surface area contributed by atoms with Crippen LogP contribution in [-0.4, -0.2) is 23.5 Å². The first kappa shape index (κ1) is 15.9. The van der Waals surface area contributed by atoms with Gasteiger partial charge in [-0.05, 0) is 25.3 Å². The summed E-state index contributed by atoms with van der Waals surface area (Å²) in [5, 5.41) is 4.37. The smallest absolute Gasteiger partial charge is 0.361 e. The average Bonchev–Trinajstić information content (AvgIpc) is 3.32. The minimum absolute atomic E-state index is 0.0249. The predicted molar refractivity (Wildman–Crippen MR) is 86.9 cm³/mol. The number of nitrogens with zero attached hydrogens (tertiary/aromatic N) is 1. The Labute approximate surface area is 142 Å². The summed E-state index contributed by atoms with van der Waals surface area (Å²) in [5.41, 5.74) is 1.62. The zero-order chi connectivity index (χ0) is 16.4. The van der Waals surface area contributed by atoms with Gasteiger partial charge < -0.3 is 9.26 Å². The second-order valence-electron chi connectivity index (χ2n) is 5.39. The van der Waals surface area contributed by atoms with E-state index in [0.717, 1.165) is 18.4 Å². The molecule has 0 aliphatic heterocycles. The fourth-order valence-electron chi connectivity index (χ4n) is 2.48. The maximum absolute atomic E-state index is 13.0. The average molecular weight is 378 g/mol. The van der Waals surface area contributed by atoms with Crippen LogP contribution in [0.25, 0.3) is 0 Å². The Morgan fingerprint density at radius 2 is 2.09 bits per heavy atom. The molecule has 0 bridgehead atoms. The van der Waals surface area contributed by atoms with Crippen molar-refractivity contribution in [1.82, 2.24) is 5.16 Å². The van der Waals surface area contributed by atoms with Gasteiger partial charge in [-0.1, -0.05) is 45.4 Å². The fraction of sp³-hybridized carbons (Fsp3) is 0.353. The topological polar surface area (TPSA) is 69.4 Å². The van der Waals surface area contributed by atoms with Crippen LogP contribution in [0.1, 0.15) is 63.4 Å². The molecular formula is C17H16BrNO4. The maximum Gasteiger partial charge on any atom is 0.361 e. The van der Waals surface area contributed by atoms with Crippen LogP contribution in [0.4, 0.5) is 0 Å². The molecule has 120 valence electrons. The standard InChI is InChI=1S/C17H16BrNO4/c1-2-22-17(21)14-13(16(23-19-14)10-7-8-10)15(20)12-6-4-3-5-11(12)9-18/h3-6,10H,2,7-9H2,1H3. The van der Waals surface area contributed by atoms with E-state index in [1.54, 1.807) is 19.1 Å². The highest BCUT2D eigenvalue weighted by Gasteiger charge is 2.37. The number of aromatic nitrogens is 1. The molecular weight excluding hydrogens is 362 g/mol. The Kier molecular flexibility index (Phi) is 4.61. The number of ether oxygens (including phenoxy) is 1. The highest BCUT2D eigenvalue weighted by molar-refractivity contribution is 9.08. The zero-order valence-corrected chi connectivity index (χ0v) is 14.3. The molecule has 0 atom stereocenters. The molecule has 0 spiro atoms. The first-order valence-corrected chi connectivity index (χ1v) is 8.64. The third-order valence-electron chi connectivity index (χ3n) is 3.77. The van der Waals surface area contributed by atoms with Gasteiger partial charge in [0.15, 0.2) is 11.5 Å². The van der Waals surface area contributed by atoms with Crippen molar-refractivity contribution < 1.29 is 18.8 Å². The lowest BCUT2D eigenvalue weighted by Gasteiger charge is -2.07. The monoisotopic (exact) mass is 377 g/mol. The Morgan fingerprint density at radius 1 is 1.35 bits per heavy atom. The van der Waals surface area contributed by atoms with E-state index < -0.39 is 5.97 Å². The van der Waals surface area contributed by atoms with Gasteiger partial charge in [-0.15, -0.1) is 0 Å². The van der Waals surface area contributed by atoms with Crippen LogP contribution in [0.2, 0.25) is 0 Å². The summed E-state index contributed by atoms with van der Waals surface area (Å²) in [4.78, 5) is 25.1. The third kappa shape index (κ3) is 3.08. The van der Waals surface area contributed by atoms with Gasteiger partial charge in [0.25, 0.3) is 0 Å². The predicted octanol–water partition coefficient (Wildman–Crippen LogP) is 3.85. The van der Waals surface area contributed by atoms with Gasteiger partial charge in [0.1, 0.15) is 5.56 Å². The van der Waals surface area contributed by atoms with Gasteiger partial charge in [-0.25, -0.2) is 4.79 Å². The molecule has 1 heterocycles. The largest absolute Gasteiger partial charge is 0.461 e. The van der Waals surface area contributed by atoms with Crippen LogP contribution in [0.3, 0.4) is 0 Å². The number of hydrogen-bond donors (Lipinski definition) is 0. The molecule has 3 rings (SSSR count). The zero-order valence-electron chi connectivity index (χ0n) is 12.7. The van der Waals surface area contributed by atoms with Crippen LogP contribution >= 0.6 is 15.9 Å². The minimum Gasteiger partial charge on any atom is -0.461 e. The van der Waals surface area contributed by atoms with E-state index in [1.165, 1.54) is 0 Å². The van der Waals surface area contributed by atoms with Gasteiger partial charge in [0, 0.05) is 16.8 Å². The summed E-state index contributed by atoms with van der Waals surface area (Å²) in [5.74, 6) is -0.197. The van der Waals surface area contributed by atoms with Crippen molar-refractivity contribution in [2.75, 3.05) is 6.61 Å². The molecule has 0 unspecified atom stereocenters. The fourth-order valence-corrected chi connectivity index (χ4v) is 2.97. The lowest BCUT2D eigenvalue weighted by atomic mass is 9.96. The molecule has 0 radical (unpaired) electrons. The van der Waals surface area contributed by atoms with Gasteiger partial charge in [-0.2, -0.15) is 0 Å². The molecule has 1 aromatic heterocycles. The van der Waals surface area contributed by atoms with Gasteiger partial charge in [-0.3, -0.25) is 4.79 Å². The van der Waals surface area contributed by atoms with Crippen LogP contribution in [0.5, 0.6) is 0 Å². The number of halogens is 1. The number of carbonyl (C=O) groups is 2. The quantitative estimate of drug-likeness (QED) is 0.434. The van der Waals surface area contributed by atoms with Crippen LogP contribution in [-0.2, 0) is 10.1 Å². The molecule has 0 amide bonds. The molecule has 1 fully saturated rings. The summed E-state index contributed by atoms with van der Waals surface area (Å²) in [6, 6.07) is 7.29. The lowest BCUT2D eigenvalue weighted by Crippen LogP contribution is -2.14. The highest BCUT2D eigenvalue weighted by Crippen LogP contribution is 2.43. The van der Waals surface area contributed by atoms with Crippen molar-refractivity contribution in [2.24, 2.45) is 0 Å². The second-order valence-corrected chi connectivity index (χ2v) is 5.95. The first-order chi connectivity index (χ1) is 11.2. The van der Waals surface area contributed by atoms with Crippen molar-refractivity contribution >= 4 is 27.7 Å². The number of hydrogen-bond acceptors (Lipinski definition) is 5. The van der Waals surface area contributed by atoms with Crippen LogP contribution in [0, 0.1) is 0 Å². The summed E-state index contributed by atoms with van der Waals surface area (Å²) >= 11 is 3.39. The van der Waals surface area contributed by atoms with E-state index in [0.29, 0.717) is 16.7 Å². The van der Waals surface area contributed by atoms with E-state index in [-0.39, 0.29) is 29.6 Å². The summed E-state index contributed by atoms with van der Waals surface area (Å²) in [7, 11) is 0. The number of esters is 1. The second kappa shape index (κ2) is 6.66. The normalized spacial score (nSPS) is 13.8. The molecule has 0 saturated heterocycles. The van der Waals surface area contributed by atoms with E-state index in [1.807, 2.05) is 12.1 Å². The van der Waals surface area contributed by atoms with Crippen molar-refractivity contribution in [1.29, 1.82) is 0 Å². The number of alkyl halides is 1. The van der Waals surface area contributed by atoms with E-state index >= 15 is 0 Å². The number of rotatable bonds is 6. The summed E-state index contributed by atoms with van der Waals surface area (Å²) in [6.45, 7) is 1.93.